The minimum absolute atomic E-state index is 0.209. The zero-order valence-corrected chi connectivity index (χ0v) is 26.7. The molecule has 1 aliphatic carbocycles. The standard InChI is InChI=1S/C37H29B2F7N2O2/c1-24-16-18-27(19-17-24)34-29-15-9-8-14-28(29)31(47-34)21-33-30(25-10-4-2-5-11-25)20-32(26-12-6-3-7-13-26)48(33)39(50-23-36(38,42)43)49-22-35(40,41)37(44,45)46/h2-7,9-13,15-21H,8,14,22-23H2,1H3/b31-21-. The number of allylic oxidation sites excluding steroid dienone is 4. The third kappa shape index (κ3) is 7.58. The molecule has 1 aliphatic heterocycles. The first-order valence-electron chi connectivity index (χ1n) is 15.7. The monoisotopic (exact) mass is 688 g/mol. The van der Waals surface area contributed by atoms with Crippen LogP contribution >= 0.6 is 0 Å². The first-order chi connectivity index (χ1) is 23.7. The van der Waals surface area contributed by atoms with Crippen molar-refractivity contribution in [2.24, 2.45) is 4.99 Å². The van der Waals surface area contributed by atoms with Crippen LogP contribution in [0.1, 0.15) is 29.7 Å². The van der Waals surface area contributed by atoms with Gasteiger partial charge in [-0.25, -0.2) is 13.8 Å². The van der Waals surface area contributed by atoms with Crippen LogP contribution in [0.15, 0.2) is 125 Å². The highest BCUT2D eigenvalue weighted by molar-refractivity contribution is 6.44. The maximum absolute atomic E-state index is 14.3. The third-order valence-electron chi connectivity index (χ3n) is 8.25. The summed E-state index contributed by atoms with van der Waals surface area (Å²) in [6.45, 7) is -1.80. The Balaban J connectivity index is 1.61. The largest absolute Gasteiger partial charge is 0.598 e. The van der Waals surface area contributed by atoms with Crippen molar-refractivity contribution < 1.29 is 40.0 Å². The van der Waals surface area contributed by atoms with Gasteiger partial charge in [-0.15, -0.1) is 0 Å². The summed E-state index contributed by atoms with van der Waals surface area (Å²) in [7, 11) is 2.68. The van der Waals surface area contributed by atoms with Crippen LogP contribution in [0.4, 0.5) is 30.7 Å². The molecule has 0 unspecified atom stereocenters. The van der Waals surface area contributed by atoms with Gasteiger partial charge in [0.05, 0.1) is 18.0 Å². The molecule has 0 atom stereocenters. The highest BCUT2D eigenvalue weighted by Gasteiger charge is 2.58. The van der Waals surface area contributed by atoms with E-state index in [0.29, 0.717) is 40.9 Å². The molecule has 4 nitrogen and oxygen atoms in total. The van der Waals surface area contributed by atoms with E-state index in [-0.39, 0.29) is 11.4 Å². The number of aromatic nitrogens is 1. The smallest absolute Gasteiger partial charge is 0.386 e. The van der Waals surface area contributed by atoms with Gasteiger partial charge in [-0.1, -0.05) is 103 Å². The van der Waals surface area contributed by atoms with Gasteiger partial charge < -0.3 is 13.8 Å². The zero-order chi connectivity index (χ0) is 35.7. The van der Waals surface area contributed by atoms with Crippen LogP contribution in [-0.4, -0.2) is 56.4 Å². The quantitative estimate of drug-likeness (QED) is 0.116. The van der Waals surface area contributed by atoms with E-state index in [0.717, 1.165) is 22.3 Å². The number of hydrogen-bond donors (Lipinski definition) is 0. The summed E-state index contributed by atoms with van der Waals surface area (Å²) >= 11 is 0. The number of aryl methyl sites for hydroxylation is 1. The minimum Gasteiger partial charge on any atom is -0.386 e. The molecule has 3 aromatic carbocycles. The van der Waals surface area contributed by atoms with Gasteiger partial charge in [-0.3, -0.25) is 0 Å². The molecule has 4 aromatic rings. The topological polar surface area (TPSA) is 35.8 Å². The maximum Gasteiger partial charge on any atom is 0.598 e. The summed E-state index contributed by atoms with van der Waals surface area (Å²) in [6, 6.07) is 26.8. The van der Waals surface area contributed by atoms with Crippen molar-refractivity contribution in [3.8, 4) is 22.4 Å². The van der Waals surface area contributed by atoms with Gasteiger partial charge in [0.25, 0.3) is 0 Å². The molecular formula is C37H29B2F7N2O2. The third-order valence-corrected chi connectivity index (χ3v) is 8.25. The van der Waals surface area contributed by atoms with E-state index in [1.165, 1.54) is 4.48 Å². The van der Waals surface area contributed by atoms with Crippen molar-refractivity contribution in [3.05, 3.63) is 137 Å². The summed E-state index contributed by atoms with van der Waals surface area (Å²) in [5.74, 6) is -9.30. The fourth-order valence-electron chi connectivity index (χ4n) is 5.81. The fraction of sp³-hybridized carbons (Fsp3) is 0.216. The molecule has 0 fully saturated rings. The van der Waals surface area contributed by atoms with Crippen molar-refractivity contribution in [2.75, 3.05) is 13.2 Å². The molecule has 0 N–H and O–H groups in total. The van der Waals surface area contributed by atoms with E-state index >= 15 is 0 Å². The molecule has 13 heteroatoms. The lowest BCUT2D eigenvalue weighted by Gasteiger charge is -2.25. The number of rotatable bonds is 11. The molecule has 0 saturated carbocycles. The average Bonchev–Trinajstić information content (AvgIpc) is 3.64. The van der Waals surface area contributed by atoms with Crippen LogP contribution in [0.2, 0.25) is 0 Å². The van der Waals surface area contributed by atoms with Crippen LogP contribution in [0, 0.1) is 6.92 Å². The lowest BCUT2D eigenvalue weighted by Crippen LogP contribution is -2.46. The van der Waals surface area contributed by atoms with Gasteiger partial charge in [0.15, 0.2) is 7.85 Å². The van der Waals surface area contributed by atoms with Crippen LogP contribution in [0.25, 0.3) is 28.5 Å². The normalized spacial score (nSPS) is 15.8. The van der Waals surface area contributed by atoms with Crippen molar-refractivity contribution in [1.82, 2.24) is 4.48 Å². The second kappa shape index (κ2) is 14.0. The molecule has 6 rings (SSSR count). The molecule has 50 heavy (non-hydrogen) atoms. The molecule has 0 amide bonds. The second-order valence-corrected chi connectivity index (χ2v) is 12.0. The van der Waals surface area contributed by atoms with Gasteiger partial charge in [0.1, 0.15) is 6.61 Å². The highest BCUT2D eigenvalue weighted by atomic mass is 19.4. The molecule has 1 aromatic heterocycles. The average molecular weight is 688 g/mol. The summed E-state index contributed by atoms with van der Waals surface area (Å²) in [5, 5.41) is 0. The Morgan fingerprint density at radius 2 is 1.44 bits per heavy atom. The summed E-state index contributed by atoms with van der Waals surface area (Å²) in [4.78, 5) is 5.00. The summed E-state index contributed by atoms with van der Waals surface area (Å²) in [6.07, 6.45) is 1.01. The van der Waals surface area contributed by atoms with Crippen LogP contribution in [0.3, 0.4) is 0 Å². The summed E-state index contributed by atoms with van der Waals surface area (Å²) < 4.78 is 108. The molecule has 0 spiro atoms. The van der Waals surface area contributed by atoms with Gasteiger partial charge in [0.2, 0.25) is 5.82 Å². The Hall–Kier alpha value is -4.61. The van der Waals surface area contributed by atoms with E-state index in [1.807, 2.05) is 43.3 Å². The van der Waals surface area contributed by atoms with Crippen molar-refractivity contribution in [1.29, 1.82) is 0 Å². The SMILES string of the molecule is [B]C(F)(F)COB(OCC(F)(F)C(F)(F)F)n1c(-c2ccccc2)cc(-c2ccccc2)c1/C=C1\N=C(c2ccc(C)cc2)C2=C1CCC=C2. The Bertz CT molecular complexity index is 1960. The molecule has 0 saturated heterocycles. The van der Waals surface area contributed by atoms with Crippen LogP contribution in [-0.2, 0) is 9.31 Å². The zero-order valence-electron chi connectivity index (χ0n) is 26.7. The Morgan fingerprint density at radius 3 is 2.06 bits per heavy atom. The predicted octanol–water partition coefficient (Wildman–Crippen LogP) is 9.45. The molecule has 2 aliphatic rings. The number of benzene rings is 3. The van der Waals surface area contributed by atoms with Gasteiger partial charge in [-0.2, -0.15) is 22.0 Å². The number of nitrogens with zero attached hydrogens (tertiary/aromatic N) is 2. The maximum atomic E-state index is 14.3. The lowest BCUT2D eigenvalue weighted by molar-refractivity contribution is -0.291. The Labute approximate surface area is 286 Å². The number of halogens is 7. The van der Waals surface area contributed by atoms with E-state index in [9.17, 15) is 30.7 Å². The first kappa shape index (κ1) is 35.2. The number of hydrogen-bond acceptors (Lipinski definition) is 3. The van der Waals surface area contributed by atoms with Crippen molar-refractivity contribution in [2.45, 2.75) is 37.7 Å². The molecule has 2 radical (unpaired) electrons. The fourth-order valence-corrected chi connectivity index (χ4v) is 5.81. The highest BCUT2D eigenvalue weighted by Crippen LogP contribution is 2.41. The molecular weight excluding hydrogens is 659 g/mol. The molecule has 2 heterocycles. The van der Waals surface area contributed by atoms with E-state index in [2.05, 4.69) is 0 Å². The van der Waals surface area contributed by atoms with E-state index < -0.39 is 38.4 Å². The van der Waals surface area contributed by atoms with Gasteiger partial charge in [0, 0.05) is 28.1 Å². The number of alkyl halides is 7. The minimum atomic E-state index is -5.98. The molecule has 0 bridgehead atoms. The van der Waals surface area contributed by atoms with Gasteiger partial charge in [-0.05, 0) is 48.6 Å². The first-order valence-corrected chi connectivity index (χ1v) is 15.7. The lowest BCUT2D eigenvalue weighted by atomic mass is 9.91. The van der Waals surface area contributed by atoms with E-state index in [1.54, 1.807) is 72.8 Å². The van der Waals surface area contributed by atoms with E-state index in [4.69, 9.17) is 22.1 Å². The molecule has 254 valence electrons. The van der Waals surface area contributed by atoms with Gasteiger partial charge >= 0.3 is 19.4 Å². The van der Waals surface area contributed by atoms with Crippen molar-refractivity contribution >= 4 is 26.9 Å². The van der Waals surface area contributed by atoms with Crippen LogP contribution in [0.5, 0.6) is 0 Å². The number of aliphatic imine (C=N–C) groups is 1. The summed E-state index contributed by atoms with van der Waals surface area (Å²) in [5.41, 5.74) is 6.91. The Morgan fingerprint density at radius 1 is 0.820 bits per heavy atom. The second-order valence-electron chi connectivity index (χ2n) is 12.0. The van der Waals surface area contributed by atoms with Crippen LogP contribution < -0.4 is 0 Å². The van der Waals surface area contributed by atoms with Crippen molar-refractivity contribution in [3.63, 3.8) is 0 Å². The Kier molecular flexibility index (Phi) is 9.83. The predicted molar refractivity (Wildman–Crippen MR) is 181 cm³/mol.